The number of rotatable bonds is 16. The normalized spacial score (nSPS) is 11.5. The van der Waals surface area contributed by atoms with Crippen molar-refractivity contribution in [2.75, 3.05) is 0 Å². The summed E-state index contributed by atoms with van der Waals surface area (Å²) in [6, 6.07) is 0. The minimum Gasteiger partial charge on any atom is -0.518 e. The van der Waals surface area contributed by atoms with Gasteiger partial charge in [0.25, 0.3) is 15.0 Å². The molecular formula is C20H39O2Si. The summed E-state index contributed by atoms with van der Waals surface area (Å²) in [6.07, 6.45) is 22.1. The van der Waals surface area contributed by atoms with Gasteiger partial charge in [-0.1, -0.05) is 70.4 Å². The standard InChI is InChI=1S/C20H39O2Si/c1-4-5-6-7-8-9-10-11-12-13-14-15-16-17-18-19-20(21)22-23(2)3/h11-12H,4-10,13-19H2,1-3H3/b12-11-. The zero-order chi connectivity index (χ0) is 17.2. The van der Waals surface area contributed by atoms with Crippen LogP contribution in [-0.2, 0) is 9.22 Å². The molecule has 3 heteroatoms. The van der Waals surface area contributed by atoms with Crippen molar-refractivity contribution >= 4 is 15.0 Å². The molecule has 0 fully saturated rings. The Morgan fingerprint density at radius 1 is 0.783 bits per heavy atom. The molecular weight excluding hydrogens is 300 g/mol. The zero-order valence-electron chi connectivity index (χ0n) is 15.9. The lowest BCUT2D eigenvalue weighted by Gasteiger charge is -2.06. The number of carbonyl (C=O) groups excluding carboxylic acids is 1. The minimum atomic E-state index is -0.860. The first-order valence-corrected chi connectivity index (χ1v) is 12.2. The lowest BCUT2D eigenvalue weighted by molar-refractivity contribution is -0.134. The third-order valence-corrected chi connectivity index (χ3v) is 4.60. The monoisotopic (exact) mass is 339 g/mol. The smallest absolute Gasteiger partial charge is 0.292 e. The molecule has 0 bridgehead atoms. The highest BCUT2D eigenvalue weighted by Gasteiger charge is 2.06. The van der Waals surface area contributed by atoms with E-state index in [-0.39, 0.29) is 5.97 Å². The van der Waals surface area contributed by atoms with Crippen molar-refractivity contribution in [1.82, 2.24) is 0 Å². The fourth-order valence-corrected chi connectivity index (χ4v) is 3.18. The van der Waals surface area contributed by atoms with Crippen molar-refractivity contribution < 1.29 is 9.22 Å². The lowest BCUT2D eigenvalue weighted by atomic mass is 10.1. The summed E-state index contributed by atoms with van der Waals surface area (Å²) >= 11 is 0. The van der Waals surface area contributed by atoms with Gasteiger partial charge in [-0.25, -0.2) is 0 Å². The Balaban J connectivity index is 3.18. The molecule has 23 heavy (non-hydrogen) atoms. The molecule has 0 unspecified atom stereocenters. The van der Waals surface area contributed by atoms with Crippen LogP contribution >= 0.6 is 0 Å². The van der Waals surface area contributed by atoms with Gasteiger partial charge in [-0.3, -0.25) is 4.79 Å². The second kappa shape index (κ2) is 17.8. The van der Waals surface area contributed by atoms with Gasteiger partial charge in [0, 0.05) is 6.42 Å². The molecule has 0 aliphatic heterocycles. The molecule has 1 radical (unpaired) electrons. The first-order chi connectivity index (χ1) is 11.2. The van der Waals surface area contributed by atoms with Crippen molar-refractivity contribution in [3.05, 3.63) is 12.2 Å². The molecule has 0 N–H and O–H groups in total. The summed E-state index contributed by atoms with van der Waals surface area (Å²) in [4.78, 5) is 11.4. The van der Waals surface area contributed by atoms with Crippen LogP contribution in [0.15, 0.2) is 12.2 Å². The molecule has 135 valence electrons. The second-order valence-electron chi connectivity index (χ2n) is 6.72. The maximum Gasteiger partial charge on any atom is 0.292 e. The third-order valence-electron chi connectivity index (χ3n) is 3.96. The molecule has 0 saturated carbocycles. The summed E-state index contributed by atoms with van der Waals surface area (Å²) < 4.78 is 5.22. The van der Waals surface area contributed by atoms with E-state index >= 15 is 0 Å². The summed E-state index contributed by atoms with van der Waals surface area (Å²) in [5.41, 5.74) is 0. The van der Waals surface area contributed by atoms with E-state index in [9.17, 15) is 4.79 Å². The van der Waals surface area contributed by atoms with Crippen LogP contribution in [0.5, 0.6) is 0 Å². The zero-order valence-corrected chi connectivity index (χ0v) is 16.9. The van der Waals surface area contributed by atoms with Gasteiger partial charge in [0.1, 0.15) is 0 Å². The van der Waals surface area contributed by atoms with Gasteiger partial charge in [-0.05, 0) is 45.2 Å². The van der Waals surface area contributed by atoms with Crippen molar-refractivity contribution in [3.63, 3.8) is 0 Å². The molecule has 0 aromatic rings. The fourth-order valence-electron chi connectivity index (χ4n) is 2.62. The first kappa shape index (κ1) is 22.4. The highest BCUT2D eigenvalue weighted by Crippen LogP contribution is 2.10. The average molecular weight is 340 g/mol. The predicted molar refractivity (Wildman–Crippen MR) is 103 cm³/mol. The average Bonchev–Trinajstić information content (AvgIpc) is 2.50. The molecule has 0 saturated heterocycles. The molecule has 2 nitrogen and oxygen atoms in total. The number of carbonyl (C=O) groups is 1. The summed E-state index contributed by atoms with van der Waals surface area (Å²) in [7, 11) is -0.860. The maximum atomic E-state index is 11.4. The number of hydrogen-bond acceptors (Lipinski definition) is 2. The van der Waals surface area contributed by atoms with E-state index in [0.717, 1.165) is 12.8 Å². The highest BCUT2D eigenvalue weighted by molar-refractivity contribution is 6.50. The van der Waals surface area contributed by atoms with E-state index in [1.807, 2.05) is 13.1 Å². The van der Waals surface area contributed by atoms with E-state index < -0.39 is 9.04 Å². The van der Waals surface area contributed by atoms with E-state index in [4.69, 9.17) is 4.43 Å². The SMILES string of the molecule is CCCCCCCC/C=C\CCCCCCCC(=O)O[Si](C)C. The number of hydrogen-bond donors (Lipinski definition) is 0. The van der Waals surface area contributed by atoms with Crippen molar-refractivity contribution in [3.8, 4) is 0 Å². The van der Waals surface area contributed by atoms with Crippen LogP contribution in [0.25, 0.3) is 0 Å². The van der Waals surface area contributed by atoms with Crippen LogP contribution in [0.3, 0.4) is 0 Å². The van der Waals surface area contributed by atoms with E-state index in [2.05, 4.69) is 19.1 Å². The summed E-state index contributed by atoms with van der Waals surface area (Å²) in [5, 5.41) is 0. The van der Waals surface area contributed by atoms with Crippen LogP contribution in [0.2, 0.25) is 13.1 Å². The maximum absolute atomic E-state index is 11.4. The van der Waals surface area contributed by atoms with Crippen LogP contribution < -0.4 is 0 Å². The molecule has 0 aliphatic carbocycles. The van der Waals surface area contributed by atoms with E-state index in [0.29, 0.717) is 6.42 Å². The van der Waals surface area contributed by atoms with Crippen LogP contribution in [-0.4, -0.2) is 15.0 Å². The topological polar surface area (TPSA) is 26.3 Å². The summed E-state index contributed by atoms with van der Waals surface area (Å²) in [6.45, 7) is 6.27. The lowest BCUT2D eigenvalue weighted by Crippen LogP contribution is -2.14. The van der Waals surface area contributed by atoms with E-state index in [1.54, 1.807) is 0 Å². The Bertz CT molecular complexity index is 287. The quantitative estimate of drug-likeness (QED) is 0.175. The Morgan fingerprint density at radius 2 is 1.26 bits per heavy atom. The third kappa shape index (κ3) is 19.4. The van der Waals surface area contributed by atoms with Gasteiger partial charge in [0.15, 0.2) is 0 Å². The Hall–Kier alpha value is -0.573. The largest absolute Gasteiger partial charge is 0.518 e. The van der Waals surface area contributed by atoms with Crippen LogP contribution in [0, 0.1) is 0 Å². The van der Waals surface area contributed by atoms with Crippen LogP contribution in [0.4, 0.5) is 0 Å². The Morgan fingerprint density at radius 3 is 1.78 bits per heavy atom. The van der Waals surface area contributed by atoms with Crippen molar-refractivity contribution in [2.24, 2.45) is 0 Å². The molecule has 0 amide bonds. The predicted octanol–water partition coefficient (Wildman–Crippen LogP) is 6.82. The Labute approximate surface area is 146 Å². The van der Waals surface area contributed by atoms with Crippen molar-refractivity contribution in [1.29, 1.82) is 0 Å². The van der Waals surface area contributed by atoms with Gasteiger partial charge in [0.05, 0.1) is 0 Å². The second-order valence-corrected chi connectivity index (χ2v) is 8.74. The van der Waals surface area contributed by atoms with Gasteiger partial charge in [-0.2, -0.15) is 0 Å². The van der Waals surface area contributed by atoms with Gasteiger partial charge < -0.3 is 4.43 Å². The summed E-state index contributed by atoms with van der Waals surface area (Å²) in [5.74, 6) is 0.00140. The molecule has 0 rings (SSSR count). The molecule has 0 aromatic heterocycles. The fraction of sp³-hybridized carbons (Fsp3) is 0.850. The molecule has 0 aliphatic rings. The number of allylic oxidation sites excluding steroid dienone is 2. The number of unbranched alkanes of at least 4 members (excludes halogenated alkanes) is 11. The molecule has 0 aromatic carbocycles. The highest BCUT2D eigenvalue weighted by atomic mass is 28.3. The minimum absolute atomic E-state index is 0.00140. The molecule has 0 heterocycles. The van der Waals surface area contributed by atoms with Gasteiger partial charge in [-0.15, -0.1) is 0 Å². The van der Waals surface area contributed by atoms with Gasteiger partial charge >= 0.3 is 0 Å². The van der Waals surface area contributed by atoms with E-state index in [1.165, 1.54) is 70.6 Å². The van der Waals surface area contributed by atoms with Crippen molar-refractivity contribution in [2.45, 2.75) is 110 Å². The first-order valence-electron chi connectivity index (χ1n) is 9.82. The van der Waals surface area contributed by atoms with Crippen LogP contribution in [0.1, 0.15) is 96.8 Å². The van der Waals surface area contributed by atoms with Gasteiger partial charge in [0.2, 0.25) is 0 Å². The Kier molecular flexibility index (Phi) is 17.3. The molecule has 0 atom stereocenters. The molecule has 0 spiro atoms.